The van der Waals surface area contributed by atoms with Crippen molar-refractivity contribution in [1.29, 1.82) is 0 Å². The van der Waals surface area contributed by atoms with E-state index >= 15 is 0 Å². The molecule has 0 aliphatic carbocycles. The first-order valence-electron chi connectivity index (χ1n) is 7.10. The fourth-order valence-corrected chi connectivity index (χ4v) is 2.33. The molecule has 2 heteroatoms. The van der Waals surface area contributed by atoms with Crippen molar-refractivity contribution in [1.82, 2.24) is 5.32 Å². The standard InChI is InChI=1S/C14H31NO/c1-5-9-13(10-6-2)15-11-14(16)12(7-3)8-4/h12-16H,5-11H2,1-4H3. The summed E-state index contributed by atoms with van der Waals surface area (Å²) in [5, 5.41) is 13.6. The van der Waals surface area contributed by atoms with E-state index in [-0.39, 0.29) is 6.10 Å². The van der Waals surface area contributed by atoms with Crippen molar-refractivity contribution >= 4 is 0 Å². The number of aliphatic hydroxyl groups is 1. The highest BCUT2D eigenvalue weighted by Gasteiger charge is 2.16. The van der Waals surface area contributed by atoms with E-state index in [1.54, 1.807) is 0 Å². The van der Waals surface area contributed by atoms with Crippen LogP contribution in [-0.4, -0.2) is 23.8 Å². The largest absolute Gasteiger partial charge is 0.392 e. The highest BCUT2D eigenvalue weighted by atomic mass is 16.3. The average Bonchev–Trinajstić information content (AvgIpc) is 2.28. The van der Waals surface area contributed by atoms with Gasteiger partial charge in [0.1, 0.15) is 0 Å². The van der Waals surface area contributed by atoms with Gasteiger partial charge in [-0.1, -0.05) is 53.4 Å². The lowest BCUT2D eigenvalue weighted by molar-refractivity contribution is 0.0973. The highest BCUT2D eigenvalue weighted by Crippen LogP contribution is 2.13. The van der Waals surface area contributed by atoms with Gasteiger partial charge in [-0.15, -0.1) is 0 Å². The number of nitrogens with one attached hydrogen (secondary N) is 1. The smallest absolute Gasteiger partial charge is 0.0692 e. The zero-order valence-electron chi connectivity index (χ0n) is 11.6. The normalized spacial score (nSPS) is 13.7. The fourth-order valence-electron chi connectivity index (χ4n) is 2.33. The third kappa shape index (κ3) is 6.49. The van der Waals surface area contributed by atoms with Crippen LogP contribution in [0.25, 0.3) is 0 Å². The Morgan fingerprint density at radius 1 is 0.938 bits per heavy atom. The van der Waals surface area contributed by atoms with E-state index in [9.17, 15) is 5.11 Å². The second-order valence-electron chi connectivity index (χ2n) is 4.83. The molecule has 0 saturated heterocycles. The Labute approximate surface area is 102 Å². The predicted octanol–water partition coefficient (Wildman–Crippen LogP) is 3.34. The molecule has 0 amide bonds. The van der Waals surface area contributed by atoms with Crippen LogP contribution in [0.1, 0.15) is 66.2 Å². The van der Waals surface area contributed by atoms with Crippen LogP contribution >= 0.6 is 0 Å². The van der Waals surface area contributed by atoms with Gasteiger partial charge in [0.25, 0.3) is 0 Å². The van der Waals surface area contributed by atoms with Gasteiger partial charge in [0.15, 0.2) is 0 Å². The van der Waals surface area contributed by atoms with Gasteiger partial charge in [-0.05, 0) is 18.8 Å². The van der Waals surface area contributed by atoms with Gasteiger partial charge in [0, 0.05) is 12.6 Å². The Balaban J connectivity index is 3.88. The molecule has 0 aromatic rings. The van der Waals surface area contributed by atoms with Gasteiger partial charge in [-0.3, -0.25) is 0 Å². The molecule has 98 valence electrons. The maximum Gasteiger partial charge on any atom is 0.0692 e. The third-order valence-corrected chi connectivity index (χ3v) is 3.48. The highest BCUT2D eigenvalue weighted by molar-refractivity contribution is 4.73. The monoisotopic (exact) mass is 229 g/mol. The minimum atomic E-state index is -0.175. The summed E-state index contributed by atoms with van der Waals surface area (Å²) in [6.45, 7) is 9.53. The first-order chi connectivity index (χ1) is 7.69. The molecule has 1 atom stereocenters. The van der Waals surface area contributed by atoms with E-state index in [0.29, 0.717) is 12.0 Å². The Bertz CT molecular complexity index is 138. The minimum absolute atomic E-state index is 0.175. The van der Waals surface area contributed by atoms with Gasteiger partial charge in [0.2, 0.25) is 0 Å². The summed E-state index contributed by atoms with van der Waals surface area (Å²) in [6, 6.07) is 0.596. The predicted molar refractivity (Wildman–Crippen MR) is 71.7 cm³/mol. The quantitative estimate of drug-likeness (QED) is 0.602. The Morgan fingerprint density at radius 2 is 1.44 bits per heavy atom. The number of hydrogen-bond donors (Lipinski definition) is 2. The summed E-state index contributed by atoms with van der Waals surface area (Å²) in [6.07, 6.45) is 6.87. The lowest BCUT2D eigenvalue weighted by Crippen LogP contribution is -2.38. The summed E-state index contributed by atoms with van der Waals surface area (Å²) in [5.41, 5.74) is 0. The first kappa shape index (κ1) is 15.9. The second kappa shape index (κ2) is 10.1. The van der Waals surface area contributed by atoms with Gasteiger partial charge in [-0.25, -0.2) is 0 Å². The molecular weight excluding hydrogens is 198 g/mol. The summed E-state index contributed by atoms with van der Waals surface area (Å²) in [4.78, 5) is 0. The molecular formula is C14H31NO. The van der Waals surface area contributed by atoms with E-state index in [1.807, 2.05) is 0 Å². The maximum absolute atomic E-state index is 10.0. The van der Waals surface area contributed by atoms with Crippen molar-refractivity contribution in [3.63, 3.8) is 0 Å². The lowest BCUT2D eigenvalue weighted by atomic mass is 9.96. The van der Waals surface area contributed by atoms with Crippen LogP contribution in [-0.2, 0) is 0 Å². The van der Waals surface area contributed by atoms with Crippen LogP contribution in [0.2, 0.25) is 0 Å². The SMILES string of the molecule is CCCC(CCC)NCC(O)C(CC)CC. The van der Waals surface area contributed by atoms with Crippen molar-refractivity contribution in [2.45, 2.75) is 78.4 Å². The Kier molecular flexibility index (Phi) is 10.0. The summed E-state index contributed by atoms with van der Waals surface area (Å²) in [5.74, 6) is 0.455. The van der Waals surface area contributed by atoms with E-state index in [2.05, 4.69) is 33.0 Å². The van der Waals surface area contributed by atoms with E-state index in [1.165, 1.54) is 25.7 Å². The van der Waals surface area contributed by atoms with Crippen LogP contribution in [0, 0.1) is 5.92 Å². The number of rotatable bonds is 10. The zero-order chi connectivity index (χ0) is 12.4. The Morgan fingerprint density at radius 3 is 1.81 bits per heavy atom. The van der Waals surface area contributed by atoms with Gasteiger partial charge < -0.3 is 10.4 Å². The van der Waals surface area contributed by atoms with E-state index < -0.39 is 0 Å². The molecule has 0 bridgehead atoms. The molecule has 0 aromatic carbocycles. The number of aliphatic hydroxyl groups excluding tert-OH is 1. The summed E-state index contributed by atoms with van der Waals surface area (Å²) >= 11 is 0. The maximum atomic E-state index is 10.0. The lowest BCUT2D eigenvalue weighted by Gasteiger charge is -2.24. The van der Waals surface area contributed by atoms with Crippen LogP contribution in [0.15, 0.2) is 0 Å². The van der Waals surface area contributed by atoms with E-state index in [4.69, 9.17) is 0 Å². The summed E-state index contributed by atoms with van der Waals surface area (Å²) < 4.78 is 0. The van der Waals surface area contributed by atoms with Crippen molar-refractivity contribution in [2.24, 2.45) is 5.92 Å². The van der Waals surface area contributed by atoms with Crippen LogP contribution in [0.3, 0.4) is 0 Å². The first-order valence-corrected chi connectivity index (χ1v) is 7.10. The van der Waals surface area contributed by atoms with Gasteiger partial charge in [-0.2, -0.15) is 0 Å². The average molecular weight is 229 g/mol. The van der Waals surface area contributed by atoms with Crippen LogP contribution < -0.4 is 5.32 Å². The van der Waals surface area contributed by atoms with E-state index in [0.717, 1.165) is 19.4 Å². The molecule has 2 N–H and O–H groups in total. The van der Waals surface area contributed by atoms with Crippen molar-refractivity contribution in [2.75, 3.05) is 6.54 Å². The van der Waals surface area contributed by atoms with Gasteiger partial charge in [0.05, 0.1) is 6.10 Å². The molecule has 0 fully saturated rings. The molecule has 0 aliphatic rings. The number of hydrogen-bond acceptors (Lipinski definition) is 2. The topological polar surface area (TPSA) is 32.3 Å². The second-order valence-corrected chi connectivity index (χ2v) is 4.83. The molecule has 0 aromatic heterocycles. The molecule has 0 spiro atoms. The Hall–Kier alpha value is -0.0800. The molecule has 16 heavy (non-hydrogen) atoms. The van der Waals surface area contributed by atoms with Gasteiger partial charge >= 0.3 is 0 Å². The van der Waals surface area contributed by atoms with Crippen LogP contribution in [0.4, 0.5) is 0 Å². The molecule has 0 heterocycles. The fraction of sp³-hybridized carbons (Fsp3) is 1.00. The van der Waals surface area contributed by atoms with Crippen molar-refractivity contribution < 1.29 is 5.11 Å². The minimum Gasteiger partial charge on any atom is -0.392 e. The molecule has 0 aliphatic heterocycles. The molecule has 1 unspecified atom stereocenters. The van der Waals surface area contributed by atoms with Crippen molar-refractivity contribution in [3.8, 4) is 0 Å². The molecule has 0 rings (SSSR count). The summed E-state index contributed by atoms with van der Waals surface area (Å²) in [7, 11) is 0. The third-order valence-electron chi connectivity index (χ3n) is 3.48. The zero-order valence-corrected chi connectivity index (χ0v) is 11.6. The molecule has 2 nitrogen and oxygen atoms in total. The molecule has 0 radical (unpaired) electrons. The molecule has 0 saturated carbocycles. The van der Waals surface area contributed by atoms with Crippen molar-refractivity contribution in [3.05, 3.63) is 0 Å². The van der Waals surface area contributed by atoms with Crippen LogP contribution in [0.5, 0.6) is 0 Å².